The number of anilines is 1. The number of fused-ring (bicyclic) bond motifs is 1. The van der Waals surface area contributed by atoms with E-state index in [2.05, 4.69) is 46.4 Å². The van der Waals surface area contributed by atoms with Crippen molar-refractivity contribution in [3.05, 3.63) is 36.7 Å². The number of aromatic nitrogens is 1. The predicted molar refractivity (Wildman–Crippen MR) is 85.3 cm³/mol. The van der Waals surface area contributed by atoms with Crippen molar-refractivity contribution in [2.24, 2.45) is 0 Å². The van der Waals surface area contributed by atoms with E-state index < -0.39 is 0 Å². The van der Waals surface area contributed by atoms with Crippen LogP contribution in [0.15, 0.2) is 36.7 Å². The maximum Gasteiger partial charge on any atom is 0.0447 e. The summed E-state index contributed by atoms with van der Waals surface area (Å²) in [5.74, 6) is 0. The second kappa shape index (κ2) is 6.23. The van der Waals surface area contributed by atoms with Crippen LogP contribution in [0.1, 0.15) is 26.2 Å². The van der Waals surface area contributed by atoms with Crippen molar-refractivity contribution in [3.8, 4) is 0 Å². The third kappa shape index (κ3) is 2.78. The Bertz CT molecular complexity index is 562. The Morgan fingerprint density at radius 1 is 1.35 bits per heavy atom. The first kappa shape index (κ1) is 13.4. The van der Waals surface area contributed by atoms with Crippen molar-refractivity contribution >= 4 is 16.5 Å². The Hall–Kier alpha value is -1.61. The normalized spacial score (nSPS) is 19.4. The molecule has 0 spiro atoms. The zero-order chi connectivity index (χ0) is 13.8. The number of nitrogens with one attached hydrogen (secondary N) is 1. The number of nitrogens with zero attached hydrogens (tertiary/aromatic N) is 2. The van der Waals surface area contributed by atoms with Crippen LogP contribution in [0.4, 0.5) is 5.69 Å². The Balaban J connectivity index is 1.83. The van der Waals surface area contributed by atoms with E-state index in [4.69, 9.17) is 0 Å². The molecule has 1 aliphatic heterocycles. The van der Waals surface area contributed by atoms with Gasteiger partial charge in [0, 0.05) is 48.0 Å². The number of benzene rings is 1. The molecule has 2 heterocycles. The van der Waals surface area contributed by atoms with Gasteiger partial charge in [0.05, 0.1) is 0 Å². The third-order valence-electron chi connectivity index (χ3n) is 4.10. The average molecular weight is 269 g/mol. The van der Waals surface area contributed by atoms with Gasteiger partial charge in [-0.05, 0) is 37.9 Å². The summed E-state index contributed by atoms with van der Waals surface area (Å²) in [4.78, 5) is 6.75. The molecular weight excluding hydrogens is 246 g/mol. The van der Waals surface area contributed by atoms with Crippen molar-refractivity contribution in [1.29, 1.82) is 0 Å². The summed E-state index contributed by atoms with van der Waals surface area (Å²) in [6.07, 6.45) is 7.61. The van der Waals surface area contributed by atoms with E-state index in [9.17, 15) is 0 Å². The Kier molecular flexibility index (Phi) is 4.16. The van der Waals surface area contributed by atoms with E-state index in [1.54, 1.807) is 0 Å². The van der Waals surface area contributed by atoms with Crippen molar-refractivity contribution in [2.75, 3.05) is 24.5 Å². The predicted octanol–water partition coefficient (Wildman–Crippen LogP) is 3.20. The lowest BCUT2D eigenvalue weighted by atomic mass is 10.0. The lowest BCUT2D eigenvalue weighted by Crippen LogP contribution is -2.46. The molecular formula is C17H23N3. The van der Waals surface area contributed by atoms with Crippen LogP contribution in [-0.2, 0) is 0 Å². The molecule has 0 aliphatic carbocycles. The van der Waals surface area contributed by atoms with E-state index in [0.717, 1.165) is 19.6 Å². The van der Waals surface area contributed by atoms with Crippen LogP contribution < -0.4 is 10.2 Å². The molecule has 0 radical (unpaired) electrons. The van der Waals surface area contributed by atoms with Gasteiger partial charge in [-0.1, -0.05) is 19.1 Å². The monoisotopic (exact) mass is 269 g/mol. The van der Waals surface area contributed by atoms with E-state index in [0.29, 0.717) is 6.04 Å². The highest BCUT2D eigenvalue weighted by molar-refractivity contribution is 5.93. The van der Waals surface area contributed by atoms with Crippen LogP contribution in [-0.4, -0.2) is 30.7 Å². The van der Waals surface area contributed by atoms with Gasteiger partial charge in [0.25, 0.3) is 0 Å². The molecule has 1 aromatic heterocycles. The fourth-order valence-electron chi connectivity index (χ4n) is 3.09. The van der Waals surface area contributed by atoms with E-state index >= 15 is 0 Å². The first-order chi connectivity index (χ1) is 9.88. The van der Waals surface area contributed by atoms with Crippen molar-refractivity contribution in [3.63, 3.8) is 0 Å². The lowest BCUT2D eigenvalue weighted by molar-refractivity contribution is 0.424. The van der Waals surface area contributed by atoms with Crippen LogP contribution in [0.5, 0.6) is 0 Å². The number of hydrogen-bond donors (Lipinski definition) is 1. The highest BCUT2D eigenvalue weighted by atomic mass is 15.2. The van der Waals surface area contributed by atoms with Crippen LogP contribution in [0.2, 0.25) is 0 Å². The molecule has 3 nitrogen and oxygen atoms in total. The number of pyridine rings is 1. The van der Waals surface area contributed by atoms with Crippen LogP contribution >= 0.6 is 0 Å². The van der Waals surface area contributed by atoms with Gasteiger partial charge in [-0.25, -0.2) is 0 Å². The molecule has 1 fully saturated rings. The summed E-state index contributed by atoms with van der Waals surface area (Å²) in [6, 6.07) is 9.28. The Morgan fingerprint density at radius 2 is 2.30 bits per heavy atom. The summed E-state index contributed by atoms with van der Waals surface area (Å²) in [6.45, 7) is 5.62. The second-order valence-electron chi connectivity index (χ2n) is 5.61. The SMILES string of the molecule is CCCNC1CCCN(c2cccc3cnccc23)C1. The van der Waals surface area contributed by atoms with Gasteiger partial charge in [-0.15, -0.1) is 0 Å². The minimum Gasteiger partial charge on any atom is -0.369 e. The van der Waals surface area contributed by atoms with Crippen LogP contribution in [0.25, 0.3) is 10.8 Å². The van der Waals surface area contributed by atoms with Gasteiger partial charge in [0.2, 0.25) is 0 Å². The fraction of sp³-hybridized carbons (Fsp3) is 0.471. The minimum absolute atomic E-state index is 0.626. The number of rotatable bonds is 4. The van der Waals surface area contributed by atoms with Gasteiger partial charge in [0.15, 0.2) is 0 Å². The van der Waals surface area contributed by atoms with Gasteiger partial charge < -0.3 is 10.2 Å². The smallest absolute Gasteiger partial charge is 0.0447 e. The molecule has 3 heteroatoms. The standard InChI is InChI=1S/C17H23N3/c1-2-9-19-15-6-4-11-20(13-15)17-7-3-5-14-12-18-10-8-16(14)17/h3,5,7-8,10,12,15,19H,2,4,6,9,11,13H2,1H3. The summed E-state index contributed by atoms with van der Waals surface area (Å²) in [5, 5.41) is 6.21. The molecule has 20 heavy (non-hydrogen) atoms. The summed E-state index contributed by atoms with van der Waals surface area (Å²) < 4.78 is 0. The summed E-state index contributed by atoms with van der Waals surface area (Å²) in [7, 11) is 0. The van der Waals surface area contributed by atoms with Gasteiger partial charge in [0.1, 0.15) is 0 Å². The summed E-state index contributed by atoms with van der Waals surface area (Å²) in [5.41, 5.74) is 1.35. The highest BCUT2D eigenvalue weighted by Crippen LogP contribution is 2.28. The largest absolute Gasteiger partial charge is 0.369 e. The van der Waals surface area contributed by atoms with E-state index in [1.165, 1.54) is 35.7 Å². The Labute approximate surface area is 121 Å². The van der Waals surface area contributed by atoms with Gasteiger partial charge >= 0.3 is 0 Å². The lowest BCUT2D eigenvalue weighted by Gasteiger charge is -2.35. The maximum atomic E-state index is 4.22. The second-order valence-corrected chi connectivity index (χ2v) is 5.61. The molecule has 106 valence electrons. The topological polar surface area (TPSA) is 28.2 Å². The van der Waals surface area contributed by atoms with Gasteiger partial charge in [-0.2, -0.15) is 0 Å². The van der Waals surface area contributed by atoms with Gasteiger partial charge in [-0.3, -0.25) is 4.98 Å². The molecule has 1 aliphatic rings. The molecule has 1 saturated heterocycles. The molecule has 0 amide bonds. The van der Waals surface area contributed by atoms with Crippen molar-refractivity contribution in [2.45, 2.75) is 32.2 Å². The molecule has 1 aromatic carbocycles. The Morgan fingerprint density at radius 3 is 3.20 bits per heavy atom. The molecule has 2 aromatic rings. The average Bonchev–Trinajstić information content (AvgIpc) is 2.52. The molecule has 0 saturated carbocycles. The quantitative estimate of drug-likeness (QED) is 0.924. The minimum atomic E-state index is 0.626. The van der Waals surface area contributed by atoms with E-state index in [1.807, 2.05) is 12.4 Å². The fourth-order valence-corrected chi connectivity index (χ4v) is 3.09. The zero-order valence-corrected chi connectivity index (χ0v) is 12.2. The molecule has 3 rings (SSSR count). The first-order valence-corrected chi connectivity index (χ1v) is 7.69. The molecule has 0 bridgehead atoms. The first-order valence-electron chi connectivity index (χ1n) is 7.69. The van der Waals surface area contributed by atoms with Crippen molar-refractivity contribution in [1.82, 2.24) is 10.3 Å². The number of piperidine rings is 1. The molecule has 1 unspecified atom stereocenters. The summed E-state index contributed by atoms with van der Waals surface area (Å²) >= 11 is 0. The maximum absolute atomic E-state index is 4.22. The van der Waals surface area contributed by atoms with Crippen LogP contribution in [0, 0.1) is 0 Å². The third-order valence-corrected chi connectivity index (χ3v) is 4.10. The van der Waals surface area contributed by atoms with E-state index in [-0.39, 0.29) is 0 Å². The highest BCUT2D eigenvalue weighted by Gasteiger charge is 2.20. The number of hydrogen-bond acceptors (Lipinski definition) is 3. The van der Waals surface area contributed by atoms with Crippen LogP contribution in [0.3, 0.4) is 0 Å². The molecule has 1 atom stereocenters. The van der Waals surface area contributed by atoms with Crippen molar-refractivity contribution < 1.29 is 0 Å². The zero-order valence-electron chi connectivity index (χ0n) is 12.2. The molecule has 1 N–H and O–H groups in total.